The van der Waals surface area contributed by atoms with Crippen molar-refractivity contribution in [2.24, 2.45) is 0 Å². The monoisotopic (exact) mass is 352 g/mol. The second-order valence-electron chi connectivity index (χ2n) is 6.58. The number of carbonyl (C=O) groups is 2. The fourth-order valence-electron chi connectivity index (χ4n) is 3.39. The van der Waals surface area contributed by atoms with E-state index in [1.165, 1.54) is 0 Å². The Morgan fingerprint density at radius 2 is 2.23 bits per heavy atom. The van der Waals surface area contributed by atoms with Gasteiger partial charge in [0.05, 0.1) is 6.54 Å². The maximum absolute atomic E-state index is 12.9. The molecule has 2 atom stereocenters. The lowest BCUT2D eigenvalue weighted by Gasteiger charge is -2.30. The Morgan fingerprint density at radius 3 is 3.00 bits per heavy atom. The molecule has 0 aliphatic carbocycles. The summed E-state index contributed by atoms with van der Waals surface area (Å²) in [5.74, 6) is 0.0493. The summed E-state index contributed by atoms with van der Waals surface area (Å²) >= 11 is 0. The van der Waals surface area contributed by atoms with E-state index in [4.69, 9.17) is 4.42 Å². The van der Waals surface area contributed by atoms with E-state index in [0.29, 0.717) is 30.7 Å². The van der Waals surface area contributed by atoms with Crippen molar-refractivity contribution in [2.45, 2.75) is 38.4 Å². The second kappa shape index (κ2) is 6.67. The molecule has 0 bridgehead atoms. The summed E-state index contributed by atoms with van der Waals surface area (Å²) in [5.41, 5.74) is 1.47. The molecule has 4 rings (SSSR count). The summed E-state index contributed by atoms with van der Waals surface area (Å²) in [7, 11) is 0. The largest absolute Gasteiger partial charge is 0.451 e. The van der Waals surface area contributed by atoms with E-state index < -0.39 is 0 Å². The van der Waals surface area contributed by atoms with Gasteiger partial charge >= 0.3 is 0 Å². The number of piperidine rings is 1. The Kier molecular flexibility index (Phi) is 4.20. The third-order valence-electron chi connectivity index (χ3n) is 4.77. The topological polar surface area (TPSA) is 89.2 Å². The number of hydrogen-bond acceptors (Lipinski definition) is 4. The van der Waals surface area contributed by atoms with Crippen LogP contribution in [0.15, 0.2) is 47.1 Å². The van der Waals surface area contributed by atoms with Crippen molar-refractivity contribution in [3.05, 3.63) is 54.0 Å². The Labute approximate surface area is 150 Å². The number of aromatic nitrogens is 2. The zero-order valence-corrected chi connectivity index (χ0v) is 14.4. The Bertz CT molecular complexity index is 945. The number of amides is 2. The maximum atomic E-state index is 12.9. The van der Waals surface area contributed by atoms with Crippen molar-refractivity contribution in [3.8, 4) is 0 Å². The van der Waals surface area contributed by atoms with E-state index in [-0.39, 0.29) is 23.9 Å². The van der Waals surface area contributed by atoms with Crippen LogP contribution in [-0.2, 0) is 11.3 Å². The van der Waals surface area contributed by atoms with Gasteiger partial charge in [-0.1, -0.05) is 18.2 Å². The first kappa shape index (κ1) is 16.4. The highest BCUT2D eigenvalue weighted by molar-refractivity contribution is 5.99. The average Bonchev–Trinajstić information content (AvgIpc) is 3.26. The van der Waals surface area contributed by atoms with Gasteiger partial charge in [-0.05, 0) is 25.5 Å². The van der Waals surface area contributed by atoms with Gasteiger partial charge in [-0.15, -0.1) is 0 Å². The number of hydrogen-bond donors (Lipinski definition) is 2. The second-order valence-corrected chi connectivity index (χ2v) is 6.58. The summed E-state index contributed by atoms with van der Waals surface area (Å²) in [6, 6.07) is 9.20. The summed E-state index contributed by atoms with van der Waals surface area (Å²) in [5, 5.41) is 11.0. The third kappa shape index (κ3) is 3.08. The highest BCUT2D eigenvalue weighted by atomic mass is 16.3. The number of fused-ring (bicyclic) bond motifs is 1. The van der Waals surface area contributed by atoms with Gasteiger partial charge in [0.2, 0.25) is 5.91 Å². The zero-order chi connectivity index (χ0) is 18.1. The predicted molar refractivity (Wildman–Crippen MR) is 95.6 cm³/mol. The minimum absolute atomic E-state index is 0.0195. The lowest BCUT2D eigenvalue weighted by atomic mass is 9.99. The number of nitrogens with one attached hydrogen (secondary N) is 2. The van der Waals surface area contributed by atoms with E-state index >= 15 is 0 Å². The number of carbonyl (C=O) groups excluding carboxylic acids is 2. The molecule has 26 heavy (non-hydrogen) atoms. The molecule has 0 saturated carbocycles. The molecule has 7 nitrogen and oxygen atoms in total. The van der Waals surface area contributed by atoms with Gasteiger partial charge < -0.3 is 15.1 Å². The molecule has 134 valence electrons. The van der Waals surface area contributed by atoms with E-state index in [0.717, 1.165) is 10.9 Å². The smallest absolute Gasteiger partial charge is 0.287 e. The number of furan rings is 1. The Balaban J connectivity index is 1.64. The molecule has 2 aromatic heterocycles. The first-order valence-corrected chi connectivity index (χ1v) is 8.70. The molecule has 1 aromatic carbocycles. The standard InChI is InChI=1S/C19H20N4O3/c1-12-15(7-8-17(24)21-12)22-19(25)18-14(11-23-10-4-9-20-23)13-5-2-3-6-16(13)26-18/h2-6,9-10,12,15H,7-8,11H2,1H3,(H,21,24)(H,22,25). The van der Waals surface area contributed by atoms with E-state index in [1.54, 1.807) is 10.9 Å². The molecule has 2 amide bonds. The molecule has 7 heteroatoms. The van der Waals surface area contributed by atoms with Crippen molar-refractivity contribution in [2.75, 3.05) is 0 Å². The minimum Gasteiger partial charge on any atom is -0.451 e. The first-order chi connectivity index (χ1) is 12.6. The molecular weight excluding hydrogens is 332 g/mol. The summed E-state index contributed by atoms with van der Waals surface area (Å²) in [4.78, 5) is 24.4. The highest BCUT2D eigenvalue weighted by Crippen LogP contribution is 2.27. The lowest BCUT2D eigenvalue weighted by molar-refractivity contribution is -0.123. The number of para-hydroxylation sites is 1. The minimum atomic E-state index is -0.267. The molecule has 3 heterocycles. The quantitative estimate of drug-likeness (QED) is 0.752. The first-order valence-electron chi connectivity index (χ1n) is 8.70. The molecular formula is C19H20N4O3. The molecule has 1 aliphatic rings. The fraction of sp³-hybridized carbons (Fsp3) is 0.316. The summed E-state index contributed by atoms with van der Waals surface area (Å²) in [6.07, 6.45) is 4.58. The Hall–Kier alpha value is -3.09. The van der Waals surface area contributed by atoms with Crippen LogP contribution in [0.4, 0.5) is 0 Å². The van der Waals surface area contributed by atoms with Crippen LogP contribution in [0.3, 0.4) is 0 Å². The van der Waals surface area contributed by atoms with Crippen LogP contribution in [0.5, 0.6) is 0 Å². The normalized spacial score (nSPS) is 20.1. The predicted octanol–water partition coefficient (Wildman–Crippen LogP) is 2.07. The third-order valence-corrected chi connectivity index (χ3v) is 4.77. The molecule has 0 radical (unpaired) electrons. The zero-order valence-electron chi connectivity index (χ0n) is 14.4. The molecule has 2 unspecified atom stereocenters. The molecule has 3 aromatic rings. The molecule has 2 N–H and O–H groups in total. The number of nitrogens with zero attached hydrogens (tertiary/aromatic N) is 2. The van der Waals surface area contributed by atoms with Crippen LogP contribution in [-0.4, -0.2) is 33.7 Å². The van der Waals surface area contributed by atoms with Gasteiger partial charge in [-0.25, -0.2) is 0 Å². The van der Waals surface area contributed by atoms with Crippen LogP contribution in [0.2, 0.25) is 0 Å². The average molecular weight is 352 g/mol. The van der Waals surface area contributed by atoms with Crippen molar-refractivity contribution in [1.82, 2.24) is 20.4 Å². The van der Waals surface area contributed by atoms with E-state index in [2.05, 4.69) is 15.7 Å². The highest BCUT2D eigenvalue weighted by Gasteiger charge is 2.29. The van der Waals surface area contributed by atoms with E-state index in [1.807, 2.05) is 43.5 Å². The molecule has 1 aliphatic heterocycles. The van der Waals surface area contributed by atoms with Crippen LogP contribution < -0.4 is 10.6 Å². The van der Waals surface area contributed by atoms with E-state index in [9.17, 15) is 9.59 Å². The van der Waals surface area contributed by atoms with Gasteiger partial charge in [-0.2, -0.15) is 5.10 Å². The maximum Gasteiger partial charge on any atom is 0.287 e. The summed E-state index contributed by atoms with van der Waals surface area (Å²) in [6.45, 7) is 2.34. The molecule has 1 fully saturated rings. The van der Waals surface area contributed by atoms with Crippen molar-refractivity contribution in [1.29, 1.82) is 0 Å². The lowest BCUT2D eigenvalue weighted by Crippen LogP contribution is -2.54. The Morgan fingerprint density at radius 1 is 1.38 bits per heavy atom. The molecule has 0 spiro atoms. The van der Waals surface area contributed by atoms with Gasteiger partial charge in [-0.3, -0.25) is 14.3 Å². The van der Waals surface area contributed by atoms with Crippen LogP contribution >= 0.6 is 0 Å². The number of rotatable bonds is 4. The SMILES string of the molecule is CC1NC(=O)CCC1NC(=O)c1oc2ccccc2c1Cn1cccn1. The van der Waals surface area contributed by atoms with Gasteiger partial charge in [0.15, 0.2) is 5.76 Å². The van der Waals surface area contributed by atoms with Gasteiger partial charge in [0.25, 0.3) is 5.91 Å². The van der Waals surface area contributed by atoms with Crippen LogP contribution in [0, 0.1) is 0 Å². The van der Waals surface area contributed by atoms with Crippen molar-refractivity contribution < 1.29 is 14.0 Å². The van der Waals surface area contributed by atoms with Crippen LogP contribution in [0.1, 0.15) is 35.9 Å². The fourth-order valence-corrected chi connectivity index (χ4v) is 3.39. The van der Waals surface area contributed by atoms with Crippen molar-refractivity contribution >= 4 is 22.8 Å². The van der Waals surface area contributed by atoms with Crippen LogP contribution in [0.25, 0.3) is 11.0 Å². The van der Waals surface area contributed by atoms with Gasteiger partial charge in [0.1, 0.15) is 5.58 Å². The summed E-state index contributed by atoms with van der Waals surface area (Å²) < 4.78 is 7.63. The van der Waals surface area contributed by atoms with Gasteiger partial charge in [0, 0.05) is 41.8 Å². The molecule has 1 saturated heterocycles. The van der Waals surface area contributed by atoms with Crippen molar-refractivity contribution in [3.63, 3.8) is 0 Å². The number of benzene rings is 1.